The fraction of sp³-hybridized carbons (Fsp3) is 0.417. The summed E-state index contributed by atoms with van der Waals surface area (Å²) in [5, 5.41) is 9.45. The number of aliphatic carboxylic acids is 1. The average Bonchev–Trinajstić information content (AvgIpc) is 2.29. The van der Waals surface area contributed by atoms with Crippen molar-refractivity contribution in [3.63, 3.8) is 0 Å². The molecule has 1 aromatic rings. The number of anilines is 1. The summed E-state index contributed by atoms with van der Waals surface area (Å²) >= 11 is 6.03. The highest BCUT2D eigenvalue weighted by Gasteiger charge is 2.19. The molecule has 0 amide bonds. The summed E-state index contributed by atoms with van der Waals surface area (Å²) in [4.78, 5) is 12.6. The van der Waals surface area contributed by atoms with E-state index in [2.05, 4.69) is 0 Å². The molecular weight excluding hydrogens is 242 g/mol. The van der Waals surface area contributed by atoms with E-state index in [-0.39, 0.29) is 0 Å². The predicted molar refractivity (Wildman–Crippen MR) is 68.2 cm³/mol. The van der Waals surface area contributed by atoms with Crippen LogP contribution in [0.15, 0.2) is 12.1 Å². The maximum Gasteiger partial charge on any atom is 0.326 e. The number of carboxylic acids is 1. The van der Waals surface area contributed by atoms with E-state index in [9.17, 15) is 4.79 Å². The second-order valence-electron chi connectivity index (χ2n) is 3.90. The first-order chi connectivity index (χ1) is 7.88. The number of ether oxygens (including phenoxy) is 1. The Morgan fingerprint density at radius 2 is 2.12 bits per heavy atom. The summed E-state index contributed by atoms with van der Waals surface area (Å²) in [5.74, 6) is -0.289. The summed E-state index contributed by atoms with van der Waals surface area (Å²) in [6, 6.07) is 2.90. The summed E-state index contributed by atoms with van der Waals surface area (Å²) in [6.07, 6.45) is 0. The van der Waals surface area contributed by atoms with E-state index in [1.807, 2.05) is 6.92 Å². The zero-order chi connectivity index (χ0) is 13.2. The molecule has 17 heavy (non-hydrogen) atoms. The predicted octanol–water partition coefficient (Wildman–Crippen LogP) is 2.57. The van der Waals surface area contributed by atoms with Crippen molar-refractivity contribution in [3.8, 4) is 5.75 Å². The van der Waals surface area contributed by atoms with E-state index >= 15 is 0 Å². The van der Waals surface area contributed by atoms with E-state index in [0.717, 1.165) is 11.3 Å². The molecule has 1 N–H and O–H groups in total. The molecule has 0 aromatic heterocycles. The zero-order valence-electron chi connectivity index (χ0n) is 10.3. The molecule has 0 heterocycles. The Bertz CT molecular complexity index is 434. The van der Waals surface area contributed by atoms with Crippen molar-refractivity contribution in [1.29, 1.82) is 0 Å². The molecule has 1 aromatic carbocycles. The fourth-order valence-electron chi connectivity index (χ4n) is 1.56. The minimum Gasteiger partial charge on any atom is -0.495 e. The first kappa shape index (κ1) is 13.6. The third kappa shape index (κ3) is 2.82. The zero-order valence-corrected chi connectivity index (χ0v) is 11.1. The standard InChI is InChI=1S/C12H16ClNO3/c1-7-5-11(17-4)9(13)6-10(7)14(3)8(2)12(15)16/h5-6,8H,1-4H3,(H,15,16). The average molecular weight is 258 g/mol. The van der Waals surface area contributed by atoms with E-state index in [4.69, 9.17) is 21.4 Å². The second-order valence-corrected chi connectivity index (χ2v) is 4.31. The maximum atomic E-state index is 10.9. The van der Waals surface area contributed by atoms with Crippen LogP contribution in [0.5, 0.6) is 5.75 Å². The lowest BCUT2D eigenvalue weighted by atomic mass is 10.1. The van der Waals surface area contributed by atoms with Gasteiger partial charge in [0.05, 0.1) is 12.1 Å². The van der Waals surface area contributed by atoms with Crippen molar-refractivity contribution >= 4 is 23.3 Å². The molecule has 0 saturated carbocycles. The molecule has 0 aliphatic carbocycles. The lowest BCUT2D eigenvalue weighted by Crippen LogP contribution is -2.36. The van der Waals surface area contributed by atoms with Crippen LogP contribution in [0.3, 0.4) is 0 Å². The summed E-state index contributed by atoms with van der Waals surface area (Å²) in [7, 11) is 3.27. The van der Waals surface area contributed by atoms with Gasteiger partial charge in [-0.25, -0.2) is 4.79 Å². The van der Waals surface area contributed by atoms with E-state index in [1.54, 1.807) is 38.1 Å². The molecular formula is C12H16ClNO3. The van der Waals surface area contributed by atoms with Crippen LogP contribution in [0.2, 0.25) is 5.02 Å². The van der Waals surface area contributed by atoms with E-state index in [0.29, 0.717) is 10.8 Å². The highest BCUT2D eigenvalue weighted by atomic mass is 35.5. The van der Waals surface area contributed by atoms with Gasteiger partial charge in [0.1, 0.15) is 11.8 Å². The van der Waals surface area contributed by atoms with Crippen molar-refractivity contribution in [3.05, 3.63) is 22.7 Å². The Kier molecular flexibility index (Phi) is 4.23. The van der Waals surface area contributed by atoms with Gasteiger partial charge in [0, 0.05) is 12.7 Å². The Morgan fingerprint density at radius 1 is 1.53 bits per heavy atom. The van der Waals surface area contributed by atoms with Crippen LogP contribution < -0.4 is 9.64 Å². The van der Waals surface area contributed by atoms with Gasteiger partial charge in [0.15, 0.2) is 0 Å². The molecule has 0 spiro atoms. The van der Waals surface area contributed by atoms with Crippen molar-refractivity contribution in [2.45, 2.75) is 19.9 Å². The van der Waals surface area contributed by atoms with Gasteiger partial charge in [0.25, 0.3) is 0 Å². The minimum absolute atomic E-state index is 0.470. The van der Waals surface area contributed by atoms with Crippen molar-refractivity contribution in [1.82, 2.24) is 0 Å². The number of benzene rings is 1. The van der Waals surface area contributed by atoms with Crippen LogP contribution in [-0.4, -0.2) is 31.3 Å². The van der Waals surface area contributed by atoms with Crippen LogP contribution in [0.25, 0.3) is 0 Å². The first-order valence-electron chi connectivity index (χ1n) is 5.18. The molecule has 0 saturated heterocycles. The monoisotopic (exact) mass is 257 g/mol. The largest absolute Gasteiger partial charge is 0.495 e. The SMILES string of the molecule is COc1cc(C)c(N(C)C(C)C(=O)O)cc1Cl. The molecule has 0 radical (unpaired) electrons. The lowest BCUT2D eigenvalue weighted by Gasteiger charge is -2.26. The van der Waals surface area contributed by atoms with Gasteiger partial charge in [-0.15, -0.1) is 0 Å². The van der Waals surface area contributed by atoms with Crippen LogP contribution >= 0.6 is 11.6 Å². The number of halogens is 1. The van der Waals surface area contributed by atoms with Crippen LogP contribution in [0.4, 0.5) is 5.69 Å². The molecule has 1 atom stereocenters. The third-order valence-electron chi connectivity index (χ3n) is 2.79. The van der Waals surface area contributed by atoms with Gasteiger partial charge in [-0.1, -0.05) is 11.6 Å². The van der Waals surface area contributed by atoms with E-state index in [1.165, 1.54) is 0 Å². The Labute approximate surface area is 106 Å². The Hall–Kier alpha value is -1.42. The molecule has 5 heteroatoms. The molecule has 0 fully saturated rings. The smallest absolute Gasteiger partial charge is 0.326 e. The third-order valence-corrected chi connectivity index (χ3v) is 3.08. The fourth-order valence-corrected chi connectivity index (χ4v) is 1.79. The van der Waals surface area contributed by atoms with Crippen LogP contribution in [0, 0.1) is 6.92 Å². The Balaban J connectivity index is 3.14. The number of rotatable bonds is 4. The maximum absolute atomic E-state index is 10.9. The molecule has 4 nitrogen and oxygen atoms in total. The number of carboxylic acid groups (broad SMARTS) is 1. The van der Waals surface area contributed by atoms with Crippen molar-refractivity contribution < 1.29 is 14.6 Å². The summed E-state index contributed by atoms with van der Waals surface area (Å²) < 4.78 is 5.10. The van der Waals surface area contributed by atoms with Gasteiger partial charge in [-0.05, 0) is 31.5 Å². The van der Waals surface area contributed by atoms with Gasteiger partial charge < -0.3 is 14.7 Å². The second kappa shape index (κ2) is 5.27. The highest BCUT2D eigenvalue weighted by molar-refractivity contribution is 6.32. The van der Waals surface area contributed by atoms with Gasteiger partial charge >= 0.3 is 5.97 Å². The van der Waals surface area contributed by atoms with Gasteiger partial charge in [0.2, 0.25) is 0 Å². The Morgan fingerprint density at radius 3 is 2.59 bits per heavy atom. The number of carbonyl (C=O) groups is 1. The minimum atomic E-state index is -0.876. The number of hydrogen-bond acceptors (Lipinski definition) is 3. The molecule has 94 valence electrons. The quantitative estimate of drug-likeness (QED) is 0.901. The number of hydrogen-bond donors (Lipinski definition) is 1. The highest BCUT2D eigenvalue weighted by Crippen LogP contribution is 2.32. The molecule has 0 bridgehead atoms. The first-order valence-corrected chi connectivity index (χ1v) is 5.56. The van der Waals surface area contributed by atoms with Crippen LogP contribution in [-0.2, 0) is 4.79 Å². The summed E-state index contributed by atoms with van der Waals surface area (Å²) in [5.41, 5.74) is 1.70. The van der Waals surface area contributed by atoms with E-state index < -0.39 is 12.0 Å². The molecule has 0 aliphatic heterocycles. The number of methoxy groups -OCH3 is 1. The molecule has 1 unspecified atom stereocenters. The molecule has 0 aliphatic rings. The summed E-state index contributed by atoms with van der Waals surface area (Å²) in [6.45, 7) is 3.51. The number of aryl methyl sites for hydroxylation is 1. The van der Waals surface area contributed by atoms with Gasteiger partial charge in [-0.2, -0.15) is 0 Å². The normalized spacial score (nSPS) is 12.1. The number of nitrogens with zero attached hydrogens (tertiary/aromatic N) is 1. The lowest BCUT2D eigenvalue weighted by molar-refractivity contribution is -0.138. The molecule has 1 rings (SSSR count). The van der Waals surface area contributed by atoms with Crippen LogP contribution in [0.1, 0.15) is 12.5 Å². The topological polar surface area (TPSA) is 49.8 Å². The number of likely N-dealkylation sites (N-methyl/N-ethyl adjacent to an activating group) is 1. The van der Waals surface area contributed by atoms with Gasteiger partial charge in [-0.3, -0.25) is 0 Å². The van der Waals surface area contributed by atoms with Crippen molar-refractivity contribution in [2.24, 2.45) is 0 Å². The van der Waals surface area contributed by atoms with Crippen molar-refractivity contribution in [2.75, 3.05) is 19.1 Å².